The Balaban J connectivity index is 2.19. The van der Waals surface area contributed by atoms with Crippen LogP contribution in [0.3, 0.4) is 0 Å². The molecule has 2 rings (SSSR count). The molecule has 0 atom stereocenters. The van der Waals surface area contributed by atoms with Gasteiger partial charge in [-0.1, -0.05) is 0 Å². The highest BCUT2D eigenvalue weighted by Crippen LogP contribution is 2.28. The number of rotatable bonds is 7. The third-order valence-corrected chi connectivity index (χ3v) is 2.84. The van der Waals surface area contributed by atoms with E-state index in [4.69, 9.17) is 14.7 Å². The first-order valence-corrected chi connectivity index (χ1v) is 6.75. The number of ether oxygens (including phenoxy) is 2. The minimum Gasteiger partial charge on any atom is -0.495 e. The van der Waals surface area contributed by atoms with Crippen LogP contribution < -0.4 is 15.4 Å². The van der Waals surface area contributed by atoms with Gasteiger partial charge in [0.15, 0.2) is 0 Å². The van der Waals surface area contributed by atoms with Gasteiger partial charge in [0.05, 0.1) is 12.8 Å². The number of allylic oxidation sites excluding steroid dienone is 1. The highest BCUT2D eigenvalue weighted by molar-refractivity contribution is 5.94. The highest BCUT2D eigenvalue weighted by atomic mass is 16.5. The van der Waals surface area contributed by atoms with E-state index in [1.807, 2.05) is 6.07 Å². The van der Waals surface area contributed by atoms with E-state index in [0.717, 1.165) is 0 Å². The van der Waals surface area contributed by atoms with Crippen LogP contribution in [0, 0.1) is 11.3 Å². The van der Waals surface area contributed by atoms with Crippen LogP contribution in [-0.2, 0) is 9.53 Å². The van der Waals surface area contributed by atoms with E-state index in [1.54, 1.807) is 18.2 Å². The zero-order chi connectivity index (χ0) is 17.4. The third kappa shape index (κ3) is 4.28. The van der Waals surface area contributed by atoms with Gasteiger partial charge in [-0.25, -0.2) is 0 Å². The van der Waals surface area contributed by atoms with Gasteiger partial charge in [0.25, 0.3) is 0 Å². The smallest absolute Gasteiger partial charge is 0.250 e. The molecule has 3 N–H and O–H groups in total. The minimum absolute atomic E-state index is 0.0723. The van der Waals surface area contributed by atoms with E-state index in [2.05, 4.69) is 31.3 Å². The number of H-pyrrole nitrogens is 1. The van der Waals surface area contributed by atoms with Crippen molar-refractivity contribution in [2.75, 3.05) is 31.5 Å². The van der Waals surface area contributed by atoms with Gasteiger partial charge in [-0.15, -0.1) is 10.2 Å². The molecule has 0 spiro atoms. The normalized spacial score (nSPS) is 10.8. The Morgan fingerprint density at radius 3 is 2.92 bits per heavy atom. The van der Waals surface area contributed by atoms with Crippen molar-refractivity contribution in [1.82, 2.24) is 20.6 Å². The molecule has 0 unspecified atom stereocenters. The molecule has 2 aromatic rings. The van der Waals surface area contributed by atoms with Crippen LogP contribution in [0.25, 0.3) is 5.57 Å². The van der Waals surface area contributed by atoms with Crippen molar-refractivity contribution < 1.29 is 14.3 Å². The number of aromatic amines is 1. The number of benzene rings is 1. The van der Waals surface area contributed by atoms with Crippen LogP contribution in [0.15, 0.2) is 24.4 Å². The molecule has 0 bridgehead atoms. The minimum atomic E-state index is -0.312. The summed E-state index contributed by atoms with van der Waals surface area (Å²) in [5, 5.41) is 27.9. The summed E-state index contributed by atoms with van der Waals surface area (Å²) in [4.78, 5) is 11.7. The second kappa shape index (κ2) is 8.25. The van der Waals surface area contributed by atoms with E-state index in [1.165, 1.54) is 20.4 Å². The zero-order valence-corrected chi connectivity index (χ0v) is 13.0. The summed E-state index contributed by atoms with van der Waals surface area (Å²) < 4.78 is 9.98. The van der Waals surface area contributed by atoms with Gasteiger partial charge in [-0.3, -0.25) is 4.79 Å². The number of hydrogen-bond acceptors (Lipinski definition) is 8. The summed E-state index contributed by atoms with van der Waals surface area (Å²) >= 11 is 0. The maximum Gasteiger partial charge on any atom is 0.250 e. The number of amides is 1. The lowest BCUT2D eigenvalue weighted by atomic mass is 10.2. The molecule has 1 aromatic heterocycles. The van der Waals surface area contributed by atoms with E-state index in [9.17, 15) is 4.79 Å². The fraction of sp³-hybridized carbons (Fsp3) is 0.214. The highest BCUT2D eigenvalue weighted by Gasteiger charge is 2.09. The molecular weight excluding hydrogens is 314 g/mol. The van der Waals surface area contributed by atoms with Crippen molar-refractivity contribution in [2.45, 2.75) is 0 Å². The monoisotopic (exact) mass is 329 g/mol. The lowest BCUT2D eigenvalue weighted by Gasteiger charge is -2.12. The van der Waals surface area contributed by atoms with Gasteiger partial charge >= 0.3 is 0 Å². The predicted octanol–water partition coefficient (Wildman–Crippen LogP) is 0.770. The molecule has 0 aliphatic carbocycles. The molecule has 1 aromatic carbocycles. The second-order valence-electron chi connectivity index (χ2n) is 4.45. The van der Waals surface area contributed by atoms with Crippen molar-refractivity contribution in [1.29, 1.82) is 5.26 Å². The number of nitrogens with zero attached hydrogens (tertiary/aromatic N) is 4. The van der Waals surface area contributed by atoms with Gasteiger partial charge in [-0.2, -0.15) is 10.5 Å². The number of aromatic nitrogens is 4. The van der Waals surface area contributed by atoms with Crippen molar-refractivity contribution in [3.05, 3.63) is 30.2 Å². The molecule has 24 heavy (non-hydrogen) atoms. The fourth-order valence-electron chi connectivity index (χ4n) is 1.79. The van der Waals surface area contributed by atoms with E-state index < -0.39 is 0 Å². The number of nitriles is 1. The average Bonchev–Trinajstić information content (AvgIpc) is 3.10. The molecule has 1 heterocycles. The van der Waals surface area contributed by atoms with E-state index >= 15 is 0 Å². The summed E-state index contributed by atoms with van der Waals surface area (Å²) in [6, 6.07) is 7.03. The van der Waals surface area contributed by atoms with Crippen molar-refractivity contribution >= 4 is 22.9 Å². The average molecular weight is 329 g/mol. The summed E-state index contributed by atoms with van der Waals surface area (Å²) in [6.45, 7) is -0.0723. The Morgan fingerprint density at radius 2 is 2.29 bits per heavy atom. The number of anilines is 2. The van der Waals surface area contributed by atoms with Gasteiger partial charge < -0.3 is 20.1 Å². The van der Waals surface area contributed by atoms with Crippen LogP contribution in [0.1, 0.15) is 5.82 Å². The van der Waals surface area contributed by atoms with Gasteiger partial charge in [0, 0.05) is 19.0 Å². The van der Waals surface area contributed by atoms with Gasteiger partial charge in [0.1, 0.15) is 24.0 Å². The summed E-state index contributed by atoms with van der Waals surface area (Å²) in [6.07, 6.45) is 1.44. The molecule has 0 fully saturated rings. The number of carbonyl (C=O) groups is 1. The van der Waals surface area contributed by atoms with Crippen LogP contribution >= 0.6 is 0 Å². The quantitative estimate of drug-likeness (QED) is 0.633. The number of carbonyl (C=O) groups excluding carboxylic acids is 1. The Labute approximate surface area is 137 Å². The number of methoxy groups -OCH3 is 2. The molecule has 0 saturated heterocycles. The number of tetrazole rings is 1. The number of nitrogens with one attached hydrogen (secondary N) is 3. The topological polar surface area (TPSA) is 138 Å². The fourth-order valence-corrected chi connectivity index (χ4v) is 1.79. The Bertz CT molecular complexity index is 765. The first-order chi connectivity index (χ1) is 11.7. The summed E-state index contributed by atoms with van der Waals surface area (Å²) in [5.74, 6) is 0.354. The first kappa shape index (κ1) is 16.9. The standard InChI is InChI=1S/C14H15N7O3/c1-23-8-13(22)17-11-5-10(3-4-12(11)24-2)16-7-9(6-15)14-18-20-21-19-14/h3-5,7,16H,8H2,1-2H3,(H,17,22)(H,18,19,20,21). The molecule has 10 nitrogen and oxygen atoms in total. The summed E-state index contributed by atoms with van der Waals surface area (Å²) in [7, 11) is 2.93. The Morgan fingerprint density at radius 1 is 1.46 bits per heavy atom. The van der Waals surface area contributed by atoms with Crippen molar-refractivity contribution in [3.63, 3.8) is 0 Å². The van der Waals surface area contributed by atoms with Crippen molar-refractivity contribution in [3.8, 4) is 11.8 Å². The predicted molar refractivity (Wildman–Crippen MR) is 84.9 cm³/mol. The summed E-state index contributed by atoms with van der Waals surface area (Å²) in [5.41, 5.74) is 1.29. The van der Waals surface area contributed by atoms with Crippen LogP contribution in [0.5, 0.6) is 5.75 Å². The van der Waals surface area contributed by atoms with Crippen LogP contribution in [-0.4, -0.2) is 47.4 Å². The van der Waals surface area contributed by atoms with Crippen LogP contribution in [0.4, 0.5) is 11.4 Å². The zero-order valence-electron chi connectivity index (χ0n) is 13.0. The maximum atomic E-state index is 11.7. The lowest BCUT2D eigenvalue weighted by Crippen LogP contribution is -2.17. The Kier molecular flexibility index (Phi) is 5.82. The van der Waals surface area contributed by atoms with E-state index in [0.29, 0.717) is 17.1 Å². The SMILES string of the molecule is COCC(=O)Nc1cc(NC=C(C#N)c2nn[nH]n2)ccc1OC. The van der Waals surface area contributed by atoms with Crippen LogP contribution in [0.2, 0.25) is 0 Å². The molecule has 0 aliphatic rings. The lowest BCUT2D eigenvalue weighted by molar-refractivity contribution is -0.119. The second-order valence-corrected chi connectivity index (χ2v) is 4.45. The first-order valence-electron chi connectivity index (χ1n) is 6.75. The molecule has 0 aliphatic heterocycles. The number of hydrogen-bond donors (Lipinski definition) is 3. The van der Waals surface area contributed by atoms with Gasteiger partial charge in [0.2, 0.25) is 11.7 Å². The molecule has 0 saturated carbocycles. The molecule has 0 radical (unpaired) electrons. The maximum absolute atomic E-state index is 11.7. The Hall–Kier alpha value is -3.45. The third-order valence-electron chi connectivity index (χ3n) is 2.84. The molecular formula is C14H15N7O3. The van der Waals surface area contributed by atoms with E-state index in [-0.39, 0.29) is 23.9 Å². The molecule has 1 amide bonds. The largest absolute Gasteiger partial charge is 0.495 e. The van der Waals surface area contributed by atoms with Crippen molar-refractivity contribution in [2.24, 2.45) is 0 Å². The molecule has 124 valence electrons. The van der Waals surface area contributed by atoms with Gasteiger partial charge in [-0.05, 0) is 23.4 Å². The molecule has 10 heteroatoms.